The Balaban J connectivity index is 0.000000218. The fourth-order valence-electron chi connectivity index (χ4n) is 8.50. The summed E-state index contributed by atoms with van der Waals surface area (Å²) >= 11 is 0. The number of benzene rings is 2. The number of hydrogen-bond donors (Lipinski definition) is 1. The van der Waals surface area contributed by atoms with Crippen LogP contribution in [-0.2, 0) is 14.3 Å². The minimum absolute atomic E-state index is 0.213. The number of anilines is 2. The van der Waals surface area contributed by atoms with Crippen LogP contribution in [0.3, 0.4) is 0 Å². The zero-order valence-electron chi connectivity index (χ0n) is 35.9. The van der Waals surface area contributed by atoms with Gasteiger partial charge in [0, 0.05) is 59.8 Å². The molecule has 2 atom stereocenters. The summed E-state index contributed by atoms with van der Waals surface area (Å²) in [6.45, 7) is 20.3. The third kappa shape index (κ3) is 10.4. The third-order valence-electron chi connectivity index (χ3n) is 11.4. The number of carboxylic acid groups (broad SMARTS) is 1. The van der Waals surface area contributed by atoms with Gasteiger partial charge in [-0.15, -0.1) is 0 Å². The smallest absolute Gasteiger partial charge is 0.313 e. The Kier molecular flexibility index (Phi) is 15.2. The molecule has 0 bridgehead atoms. The Morgan fingerprint density at radius 2 is 1.04 bits per heavy atom. The number of methoxy groups -OCH3 is 1. The molecule has 10 nitrogen and oxygen atoms in total. The number of piperidine rings is 2. The quantitative estimate of drug-likeness (QED) is 0.139. The average molecular weight is 777 g/mol. The summed E-state index contributed by atoms with van der Waals surface area (Å²) in [5, 5.41) is 9.92. The molecule has 0 spiro atoms. The molecular formula is C47H64N6O4. The van der Waals surface area contributed by atoms with Crippen LogP contribution in [0.1, 0.15) is 135 Å². The van der Waals surface area contributed by atoms with E-state index in [1.807, 2.05) is 20.8 Å². The summed E-state index contributed by atoms with van der Waals surface area (Å²) in [7, 11) is 1.46. The molecule has 0 radical (unpaired) electrons. The molecule has 2 aromatic carbocycles. The van der Waals surface area contributed by atoms with Gasteiger partial charge >= 0.3 is 11.9 Å². The van der Waals surface area contributed by atoms with Gasteiger partial charge in [0.25, 0.3) is 0 Å². The van der Waals surface area contributed by atoms with Crippen molar-refractivity contribution in [3.8, 4) is 22.5 Å². The van der Waals surface area contributed by atoms with Gasteiger partial charge in [0.15, 0.2) is 0 Å². The van der Waals surface area contributed by atoms with Crippen molar-refractivity contribution in [1.29, 1.82) is 0 Å². The van der Waals surface area contributed by atoms with Crippen molar-refractivity contribution >= 4 is 23.8 Å². The van der Waals surface area contributed by atoms with Crippen LogP contribution in [-0.4, -0.2) is 70.3 Å². The summed E-state index contributed by atoms with van der Waals surface area (Å²) in [4.78, 5) is 48.9. The van der Waals surface area contributed by atoms with E-state index in [9.17, 15) is 14.7 Å². The molecule has 57 heavy (non-hydrogen) atoms. The van der Waals surface area contributed by atoms with Crippen LogP contribution in [0.15, 0.2) is 36.4 Å². The lowest BCUT2D eigenvalue weighted by molar-refractivity contribution is -0.142. The fourth-order valence-corrected chi connectivity index (χ4v) is 8.50. The highest BCUT2D eigenvalue weighted by atomic mass is 16.5. The summed E-state index contributed by atoms with van der Waals surface area (Å²) in [6.07, 6.45) is 10.1. The Hall–Kier alpha value is -4.86. The Bertz CT molecular complexity index is 2020. The van der Waals surface area contributed by atoms with Crippen LogP contribution in [0.25, 0.3) is 22.5 Å². The number of nitrogens with zero attached hydrogens (tertiary/aromatic N) is 6. The normalized spacial score (nSPS) is 15.4. The molecule has 2 saturated heterocycles. The van der Waals surface area contributed by atoms with Gasteiger partial charge in [-0.1, -0.05) is 74.2 Å². The molecule has 0 saturated carbocycles. The summed E-state index contributed by atoms with van der Waals surface area (Å²) < 4.78 is 5.16. The Morgan fingerprint density at radius 1 is 0.632 bits per heavy atom. The average Bonchev–Trinajstić information content (AvgIpc) is 3.19. The molecule has 4 aromatic rings. The van der Waals surface area contributed by atoms with Crippen LogP contribution in [0.5, 0.6) is 0 Å². The number of hydrogen-bond acceptors (Lipinski definition) is 9. The van der Waals surface area contributed by atoms with E-state index in [1.165, 1.54) is 43.9 Å². The molecule has 2 aliphatic rings. The van der Waals surface area contributed by atoms with Crippen LogP contribution in [0, 0.1) is 41.5 Å². The molecule has 306 valence electrons. The van der Waals surface area contributed by atoms with Crippen molar-refractivity contribution in [2.24, 2.45) is 0 Å². The number of esters is 1. The van der Waals surface area contributed by atoms with Crippen molar-refractivity contribution in [2.45, 2.75) is 131 Å². The van der Waals surface area contributed by atoms with Gasteiger partial charge in [-0.2, -0.15) is 0 Å². The molecule has 1 N–H and O–H groups in total. The molecule has 2 fully saturated rings. The van der Waals surface area contributed by atoms with Gasteiger partial charge in [-0.05, 0) is 104 Å². The van der Waals surface area contributed by atoms with Crippen molar-refractivity contribution in [2.75, 3.05) is 43.1 Å². The molecule has 6 rings (SSSR count). The van der Waals surface area contributed by atoms with E-state index in [2.05, 4.69) is 80.8 Å². The molecule has 10 heteroatoms. The van der Waals surface area contributed by atoms with E-state index < -0.39 is 11.9 Å². The monoisotopic (exact) mass is 776 g/mol. The standard InChI is InChI=1S/C24H33N3O2.C23H31N3O2/c1-6-10-20(23(28)29-5)21-18(4)25-24(27-13-8-7-9-14-27)26-22(21)19-12-11-16(2)15-17(19)3;1-5-9-19(22(27)28)20-17(4)24-23(26-12-7-6-8-13-26)25-21(20)18-11-10-15(2)14-16(18)3/h11-12,15,20H,6-10,13-14H2,1-5H3;10-11,14,19H,5-9,12-13H2,1-4H3,(H,27,28). The second-order valence-electron chi connectivity index (χ2n) is 16.0. The van der Waals surface area contributed by atoms with Crippen LogP contribution in [0.2, 0.25) is 0 Å². The van der Waals surface area contributed by atoms with E-state index in [0.717, 1.165) is 126 Å². The second kappa shape index (κ2) is 20.0. The number of carbonyl (C=O) groups excluding carboxylic acids is 1. The first-order chi connectivity index (χ1) is 27.4. The number of aryl methyl sites for hydroxylation is 6. The first-order valence-electron chi connectivity index (χ1n) is 21.1. The number of aromatic nitrogens is 4. The largest absolute Gasteiger partial charge is 0.481 e. The number of carbonyl (C=O) groups is 2. The van der Waals surface area contributed by atoms with Crippen molar-refractivity contribution in [1.82, 2.24) is 19.9 Å². The topological polar surface area (TPSA) is 122 Å². The van der Waals surface area contributed by atoms with E-state index in [0.29, 0.717) is 6.42 Å². The van der Waals surface area contributed by atoms with Gasteiger partial charge in [-0.25, -0.2) is 19.9 Å². The lowest BCUT2D eigenvalue weighted by Crippen LogP contribution is -2.31. The van der Waals surface area contributed by atoms with E-state index in [1.54, 1.807) is 0 Å². The maximum Gasteiger partial charge on any atom is 0.313 e. The van der Waals surface area contributed by atoms with Gasteiger partial charge in [-0.3, -0.25) is 9.59 Å². The van der Waals surface area contributed by atoms with Gasteiger partial charge in [0.05, 0.1) is 30.3 Å². The van der Waals surface area contributed by atoms with Crippen molar-refractivity contribution < 1.29 is 19.4 Å². The highest BCUT2D eigenvalue weighted by molar-refractivity contribution is 5.83. The van der Waals surface area contributed by atoms with Crippen LogP contribution < -0.4 is 9.80 Å². The molecule has 0 amide bonds. The lowest BCUT2D eigenvalue weighted by atomic mass is 9.88. The fraction of sp³-hybridized carbons (Fsp3) is 0.532. The number of ether oxygens (including phenoxy) is 1. The summed E-state index contributed by atoms with van der Waals surface area (Å²) in [5.74, 6) is -0.439. The van der Waals surface area contributed by atoms with Crippen LogP contribution >= 0.6 is 0 Å². The zero-order valence-corrected chi connectivity index (χ0v) is 35.9. The molecule has 2 unspecified atom stereocenters. The Morgan fingerprint density at radius 3 is 1.40 bits per heavy atom. The van der Waals surface area contributed by atoms with E-state index in [-0.39, 0.29) is 11.9 Å². The number of rotatable bonds is 12. The SMILES string of the molecule is CCCC(C(=O)O)c1c(C)nc(N2CCCCC2)nc1-c1ccc(C)cc1C.CCCC(C(=O)OC)c1c(C)nc(N2CCCCC2)nc1-c1ccc(C)cc1C. The predicted molar refractivity (Wildman–Crippen MR) is 230 cm³/mol. The minimum Gasteiger partial charge on any atom is -0.481 e. The molecular weight excluding hydrogens is 713 g/mol. The third-order valence-corrected chi connectivity index (χ3v) is 11.4. The second-order valence-corrected chi connectivity index (χ2v) is 16.0. The van der Waals surface area contributed by atoms with Crippen molar-refractivity contribution in [3.63, 3.8) is 0 Å². The van der Waals surface area contributed by atoms with Crippen LogP contribution in [0.4, 0.5) is 11.9 Å². The van der Waals surface area contributed by atoms with Gasteiger partial charge in [0.2, 0.25) is 11.9 Å². The molecule has 4 heterocycles. The van der Waals surface area contributed by atoms with Crippen molar-refractivity contribution in [3.05, 3.63) is 81.2 Å². The minimum atomic E-state index is -0.801. The molecule has 0 aliphatic carbocycles. The van der Waals surface area contributed by atoms with E-state index >= 15 is 0 Å². The summed E-state index contributed by atoms with van der Waals surface area (Å²) in [5.41, 5.74) is 11.7. The Labute approximate surface area is 340 Å². The zero-order chi connectivity index (χ0) is 41.2. The highest BCUT2D eigenvalue weighted by Crippen LogP contribution is 2.38. The first-order valence-corrected chi connectivity index (χ1v) is 21.1. The predicted octanol–water partition coefficient (Wildman–Crippen LogP) is 10.1. The number of aliphatic carboxylic acids is 1. The maximum atomic E-state index is 12.7. The number of carboxylic acids is 1. The first kappa shape index (κ1) is 43.3. The molecule has 2 aromatic heterocycles. The molecule has 2 aliphatic heterocycles. The highest BCUT2D eigenvalue weighted by Gasteiger charge is 2.31. The van der Waals surface area contributed by atoms with E-state index in [4.69, 9.17) is 24.7 Å². The van der Waals surface area contributed by atoms with Gasteiger partial charge in [0.1, 0.15) is 0 Å². The maximum absolute atomic E-state index is 12.7. The van der Waals surface area contributed by atoms with Gasteiger partial charge < -0.3 is 19.6 Å². The summed E-state index contributed by atoms with van der Waals surface area (Å²) in [6, 6.07) is 12.7. The lowest BCUT2D eigenvalue weighted by Gasteiger charge is -2.29.